The molecule has 1 fully saturated rings. The number of aryl methyl sites for hydroxylation is 2. The number of nitrogens with zero attached hydrogens (tertiary/aromatic N) is 3. The Hall–Kier alpha value is -3.15. The van der Waals surface area contributed by atoms with Gasteiger partial charge in [-0.25, -0.2) is 5.01 Å². The quantitative estimate of drug-likeness (QED) is 0.779. The third kappa shape index (κ3) is 3.18. The van der Waals surface area contributed by atoms with Crippen LogP contribution in [-0.2, 0) is 11.2 Å². The van der Waals surface area contributed by atoms with Gasteiger partial charge in [-0.05, 0) is 44.0 Å². The first-order valence-electron chi connectivity index (χ1n) is 9.15. The number of para-hydroxylation sites is 1. The maximum Gasteiger partial charge on any atom is 0.274 e. The zero-order valence-electron chi connectivity index (χ0n) is 15.5. The number of amides is 2. The highest BCUT2D eigenvalue weighted by Gasteiger charge is 2.31. The van der Waals surface area contributed by atoms with E-state index in [1.807, 2.05) is 44.2 Å². The molecule has 2 amide bonds. The molecule has 3 heterocycles. The molecule has 138 valence electrons. The van der Waals surface area contributed by atoms with Crippen molar-refractivity contribution >= 4 is 22.7 Å². The van der Waals surface area contributed by atoms with Crippen LogP contribution in [0.3, 0.4) is 0 Å². The fourth-order valence-electron chi connectivity index (χ4n) is 3.63. The number of H-pyrrole nitrogens is 1. The van der Waals surface area contributed by atoms with E-state index in [1.54, 1.807) is 22.3 Å². The summed E-state index contributed by atoms with van der Waals surface area (Å²) in [5.41, 5.74) is 4.37. The first-order chi connectivity index (χ1) is 13.0. The Balaban J connectivity index is 1.56. The number of fused-ring (bicyclic) bond motifs is 1. The van der Waals surface area contributed by atoms with E-state index in [9.17, 15) is 9.59 Å². The standard InChI is InChI=1S/C21H22N4O2/c1-14-8-9-16(13-22-14)21(27)25-11-5-10-24(25)20(26)12-18-15(2)23-19-7-4-3-6-17(18)19/h3-4,6-9,13,23H,5,10-12H2,1-2H3. The van der Waals surface area contributed by atoms with Crippen LogP contribution in [-0.4, -0.2) is 44.9 Å². The Labute approximate surface area is 157 Å². The van der Waals surface area contributed by atoms with Crippen molar-refractivity contribution in [2.45, 2.75) is 26.7 Å². The fraction of sp³-hybridized carbons (Fsp3) is 0.286. The van der Waals surface area contributed by atoms with E-state index in [-0.39, 0.29) is 18.2 Å². The van der Waals surface area contributed by atoms with Gasteiger partial charge in [-0.2, -0.15) is 0 Å². The van der Waals surface area contributed by atoms with Gasteiger partial charge in [-0.1, -0.05) is 18.2 Å². The van der Waals surface area contributed by atoms with Gasteiger partial charge in [0.15, 0.2) is 0 Å². The van der Waals surface area contributed by atoms with Crippen LogP contribution in [0.1, 0.15) is 33.7 Å². The third-order valence-corrected chi connectivity index (χ3v) is 5.07. The summed E-state index contributed by atoms with van der Waals surface area (Å²) >= 11 is 0. The summed E-state index contributed by atoms with van der Waals surface area (Å²) in [6.07, 6.45) is 2.62. The number of nitrogens with one attached hydrogen (secondary N) is 1. The molecule has 0 aliphatic carbocycles. The van der Waals surface area contributed by atoms with Gasteiger partial charge in [0.05, 0.1) is 12.0 Å². The highest BCUT2D eigenvalue weighted by Crippen LogP contribution is 2.24. The highest BCUT2D eigenvalue weighted by atomic mass is 16.2. The zero-order valence-corrected chi connectivity index (χ0v) is 15.5. The summed E-state index contributed by atoms with van der Waals surface area (Å²) in [6.45, 7) is 4.97. The van der Waals surface area contributed by atoms with Gasteiger partial charge in [0, 0.05) is 41.6 Å². The molecule has 1 N–H and O–H groups in total. The molecule has 4 rings (SSSR count). The molecule has 2 aromatic heterocycles. The fourth-order valence-corrected chi connectivity index (χ4v) is 3.63. The van der Waals surface area contributed by atoms with Crippen LogP contribution >= 0.6 is 0 Å². The molecule has 1 saturated heterocycles. The van der Waals surface area contributed by atoms with Crippen molar-refractivity contribution in [1.82, 2.24) is 20.0 Å². The Morgan fingerprint density at radius 3 is 2.63 bits per heavy atom. The Kier molecular flexibility index (Phi) is 4.39. The van der Waals surface area contributed by atoms with Crippen LogP contribution in [0.2, 0.25) is 0 Å². The number of carbonyl (C=O) groups is 2. The maximum absolute atomic E-state index is 13.0. The summed E-state index contributed by atoms with van der Waals surface area (Å²) in [6, 6.07) is 11.5. The maximum atomic E-state index is 13.0. The Morgan fingerprint density at radius 1 is 1.07 bits per heavy atom. The minimum Gasteiger partial charge on any atom is -0.358 e. The minimum absolute atomic E-state index is 0.0613. The lowest BCUT2D eigenvalue weighted by atomic mass is 10.1. The lowest BCUT2D eigenvalue weighted by Crippen LogP contribution is -2.45. The molecule has 0 spiro atoms. The van der Waals surface area contributed by atoms with E-state index in [2.05, 4.69) is 9.97 Å². The summed E-state index contributed by atoms with van der Waals surface area (Å²) in [5, 5.41) is 4.20. The van der Waals surface area contributed by atoms with Gasteiger partial charge in [-0.3, -0.25) is 19.6 Å². The van der Waals surface area contributed by atoms with Crippen LogP contribution in [0.4, 0.5) is 0 Å². The molecule has 6 nitrogen and oxygen atoms in total. The van der Waals surface area contributed by atoms with Gasteiger partial charge in [0.25, 0.3) is 5.91 Å². The van der Waals surface area contributed by atoms with Crippen molar-refractivity contribution in [3.8, 4) is 0 Å². The van der Waals surface area contributed by atoms with E-state index in [0.29, 0.717) is 18.7 Å². The number of pyridine rings is 1. The molecule has 3 aromatic rings. The summed E-state index contributed by atoms with van der Waals surface area (Å²) in [7, 11) is 0. The van der Waals surface area contributed by atoms with Crippen LogP contribution in [0.5, 0.6) is 0 Å². The average molecular weight is 362 g/mol. The lowest BCUT2D eigenvalue weighted by molar-refractivity contribution is -0.139. The largest absolute Gasteiger partial charge is 0.358 e. The number of hydrogen-bond donors (Lipinski definition) is 1. The summed E-state index contributed by atoms with van der Waals surface area (Å²) in [4.78, 5) is 33.4. The van der Waals surface area contributed by atoms with Gasteiger partial charge in [-0.15, -0.1) is 0 Å². The normalized spacial score (nSPS) is 14.1. The van der Waals surface area contributed by atoms with Gasteiger partial charge >= 0.3 is 0 Å². The lowest BCUT2D eigenvalue weighted by Gasteiger charge is -2.28. The second-order valence-electron chi connectivity index (χ2n) is 6.94. The smallest absolute Gasteiger partial charge is 0.274 e. The van der Waals surface area contributed by atoms with Crippen LogP contribution < -0.4 is 0 Å². The molecule has 0 saturated carbocycles. The number of benzene rings is 1. The number of hydrazine groups is 1. The first kappa shape index (κ1) is 17.3. The number of aromatic nitrogens is 2. The predicted molar refractivity (Wildman–Crippen MR) is 103 cm³/mol. The molecule has 0 atom stereocenters. The van der Waals surface area contributed by atoms with Gasteiger partial charge in [0.1, 0.15) is 0 Å². The van der Waals surface area contributed by atoms with Crippen molar-refractivity contribution in [2.75, 3.05) is 13.1 Å². The van der Waals surface area contributed by atoms with Crippen molar-refractivity contribution in [2.24, 2.45) is 0 Å². The molecule has 0 unspecified atom stereocenters. The number of carbonyl (C=O) groups excluding carboxylic acids is 2. The molecule has 0 radical (unpaired) electrons. The molecule has 1 aliphatic rings. The Morgan fingerprint density at radius 2 is 1.85 bits per heavy atom. The number of hydrogen-bond acceptors (Lipinski definition) is 3. The van der Waals surface area contributed by atoms with Crippen molar-refractivity contribution < 1.29 is 9.59 Å². The predicted octanol–water partition coefficient (Wildman–Crippen LogP) is 3.01. The van der Waals surface area contributed by atoms with E-state index >= 15 is 0 Å². The number of aromatic amines is 1. The van der Waals surface area contributed by atoms with E-state index in [0.717, 1.165) is 34.3 Å². The topological polar surface area (TPSA) is 69.3 Å². The third-order valence-electron chi connectivity index (χ3n) is 5.07. The summed E-state index contributed by atoms with van der Waals surface area (Å²) in [5.74, 6) is -0.238. The van der Waals surface area contributed by atoms with Crippen LogP contribution in [0.15, 0.2) is 42.6 Å². The minimum atomic E-state index is -0.177. The molecule has 6 heteroatoms. The SMILES string of the molecule is Cc1ccc(C(=O)N2CCCN2C(=O)Cc2c(C)[nH]c3ccccc23)cn1. The van der Waals surface area contributed by atoms with Gasteiger partial charge in [0.2, 0.25) is 5.91 Å². The summed E-state index contributed by atoms with van der Waals surface area (Å²) < 4.78 is 0. The monoisotopic (exact) mass is 362 g/mol. The molecule has 27 heavy (non-hydrogen) atoms. The number of rotatable bonds is 3. The van der Waals surface area contributed by atoms with E-state index < -0.39 is 0 Å². The van der Waals surface area contributed by atoms with E-state index in [1.165, 1.54) is 0 Å². The Bertz CT molecular complexity index is 1010. The first-order valence-corrected chi connectivity index (χ1v) is 9.15. The van der Waals surface area contributed by atoms with Crippen molar-refractivity contribution in [3.63, 3.8) is 0 Å². The van der Waals surface area contributed by atoms with Crippen molar-refractivity contribution in [1.29, 1.82) is 0 Å². The van der Waals surface area contributed by atoms with E-state index in [4.69, 9.17) is 0 Å². The molecular formula is C21H22N4O2. The molecule has 1 aliphatic heterocycles. The van der Waals surface area contributed by atoms with Crippen LogP contribution in [0.25, 0.3) is 10.9 Å². The van der Waals surface area contributed by atoms with Gasteiger partial charge < -0.3 is 4.98 Å². The molecular weight excluding hydrogens is 340 g/mol. The van der Waals surface area contributed by atoms with Crippen LogP contribution in [0, 0.1) is 13.8 Å². The average Bonchev–Trinajstić information content (AvgIpc) is 3.27. The molecule has 1 aromatic carbocycles. The highest BCUT2D eigenvalue weighted by molar-refractivity contribution is 5.96. The molecule has 0 bridgehead atoms. The second kappa shape index (κ2) is 6.87. The zero-order chi connectivity index (χ0) is 19.0. The second-order valence-corrected chi connectivity index (χ2v) is 6.94. The van der Waals surface area contributed by atoms with Crippen molar-refractivity contribution in [3.05, 3.63) is 65.1 Å².